The van der Waals surface area contributed by atoms with Crippen molar-refractivity contribution in [2.45, 2.75) is 13.8 Å². The fourth-order valence-electron chi connectivity index (χ4n) is 1.59. The largest absolute Gasteiger partial charge is 0.370 e. The van der Waals surface area contributed by atoms with Crippen LogP contribution in [-0.4, -0.2) is 45.2 Å². The van der Waals surface area contributed by atoms with Gasteiger partial charge in [-0.1, -0.05) is 0 Å². The SMILES string of the molecule is CCNc1cc(C(=O)NCCNS(C)(=O)=O)cc(C)n1. The summed E-state index contributed by atoms with van der Waals surface area (Å²) in [5.74, 6) is 0.386. The summed E-state index contributed by atoms with van der Waals surface area (Å²) in [4.78, 5) is 16.2. The molecule has 8 heteroatoms. The van der Waals surface area contributed by atoms with Gasteiger partial charge in [-0.15, -0.1) is 0 Å². The van der Waals surface area contributed by atoms with Gasteiger partial charge in [0.05, 0.1) is 6.26 Å². The summed E-state index contributed by atoms with van der Waals surface area (Å²) in [5, 5.41) is 5.69. The van der Waals surface area contributed by atoms with Crippen LogP contribution in [0.3, 0.4) is 0 Å². The van der Waals surface area contributed by atoms with Crippen LogP contribution in [0.4, 0.5) is 5.82 Å². The standard InChI is InChI=1S/C12H20N4O3S/c1-4-13-11-8-10(7-9(2)16-11)12(17)14-5-6-15-20(3,18)19/h7-8,15H,4-6H2,1-3H3,(H,13,16)(H,14,17). The lowest BCUT2D eigenvalue weighted by molar-refractivity contribution is 0.0954. The second kappa shape index (κ2) is 7.20. The van der Waals surface area contributed by atoms with E-state index in [1.807, 2.05) is 13.8 Å². The molecule has 0 atom stereocenters. The highest BCUT2D eigenvalue weighted by Gasteiger charge is 2.08. The van der Waals surface area contributed by atoms with Gasteiger partial charge in [0.15, 0.2) is 0 Å². The van der Waals surface area contributed by atoms with E-state index in [4.69, 9.17) is 0 Å². The molecule has 1 amide bonds. The molecule has 1 aromatic rings. The van der Waals surface area contributed by atoms with Gasteiger partial charge >= 0.3 is 0 Å². The molecule has 0 fully saturated rings. The maximum atomic E-state index is 11.9. The molecule has 0 spiro atoms. The van der Waals surface area contributed by atoms with E-state index in [2.05, 4.69) is 20.3 Å². The molecular weight excluding hydrogens is 280 g/mol. The number of aryl methyl sites for hydroxylation is 1. The zero-order chi connectivity index (χ0) is 15.2. The summed E-state index contributed by atoms with van der Waals surface area (Å²) in [5.41, 5.74) is 1.23. The molecule has 112 valence electrons. The Hall–Kier alpha value is -1.67. The number of carbonyl (C=O) groups excluding carboxylic acids is 1. The Bertz CT molecular complexity index is 572. The molecule has 0 aliphatic rings. The first-order valence-electron chi connectivity index (χ1n) is 6.27. The molecule has 0 aliphatic carbocycles. The minimum absolute atomic E-state index is 0.161. The molecule has 3 N–H and O–H groups in total. The van der Waals surface area contributed by atoms with E-state index in [0.29, 0.717) is 11.4 Å². The maximum Gasteiger partial charge on any atom is 0.251 e. The molecule has 7 nitrogen and oxygen atoms in total. The van der Waals surface area contributed by atoms with Gasteiger partial charge in [0, 0.05) is 30.9 Å². The van der Waals surface area contributed by atoms with Crippen LogP contribution in [0.1, 0.15) is 23.0 Å². The Labute approximate surface area is 119 Å². The van der Waals surface area contributed by atoms with E-state index < -0.39 is 10.0 Å². The van der Waals surface area contributed by atoms with E-state index in [0.717, 1.165) is 18.5 Å². The van der Waals surface area contributed by atoms with Gasteiger partial charge in [-0.2, -0.15) is 0 Å². The van der Waals surface area contributed by atoms with Crippen LogP contribution in [0.15, 0.2) is 12.1 Å². The number of carbonyl (C=O) groups is 1. The first-order chi connectivity index (χ1) is 9.31. The third-order valence-electron chi connectivity index (χ3n) is 2.35. The molecule has 0 aromatic carbocycles. The molecule has 1 rings (SSSR count). The number of aromatic nitrogens is 1. The molecule has 0 saturated heterocycles. The average molecular weight is 300 g/mol. The third-order valence-corrected chi connectivity index (χ3v) is 3.08. The summed E-state index contributed by atoms with van der Waals surface area (Å²) >= 11 is 0. The van der Waals surface area contributed by atoms with Crippen molar-refractivity contribution in [2.24, 2.45) is 0 Å². The number of anilines is 1. The molecular formula is C12H20N4O3S. The van der Waals surface area contributed by atoms with E-state index >= 15 is 0 Å². The summed E-state index contributed by atoms with van der Waals surface area (Å²) in [6.07, 6.45) is 1.07. The maximum absolute atomic E-state index is 11.9. The van der Waals surface area contributed by atoms with Gasteiger partial charge in [0.2, 0.25) is 10.0 Å². The fraction of sp³-hybridized carbons (Fsp3) is 0.500. The second-order valence-electron chi connectivity index (χ2n) is 4.34. The Morgan fingerprint density at radius 1 is 1.30 bits per heavy atom. The van der Waals surface area contributed by atoms with Gasteiger partial charge in [-0.05, 0) is 26.0 Å². The first kappa shape index (κ1) is 16.4. The van der Waals surface area contributed by atoms with Crippen molar-refractivity contribution in [1.82, 2.24) is 15.0 Å². The van der Waals surface area contributed by atoms with Crippen molar-refractivity contribution < 1.29 is 13.2 Å². The number of amides is 1. The minimum Gasteiger partial charge on any atom is -0.370 e. The van der Waals surface area contributed by atoms with Crippen LogP contribution < -0.4 is 15.4 Å². The van der Waals surface area contributed by atoms with Gasteiger partial charge < -0.3 is 10.6 Å². The van der Waals surface area contributed by atoms with Crippen molar-refractivity contribution >= 4 is 21.7 Å². The molecule has 1 aromatic heterocycles. The lowest BCUT2D eigenvalue weighted by Crippen LogP contribution is -2.34. The number of nitrogens with zero attached hydrogens (tertiary/aromatic N) is 1. The smallest absolute Gasteiger partial charge is 0.251 e. The fourth-order valence-corrected chi connectivity index (χ4v) is 2.06. The molecule has 0 radical (unpaired) electrons. The predicted molar refractivity (Wildman–Crippen MR) is 78.3 cm³/mol. The topological polar surface area (TPSA) is 100 Å². The Morgan fingerprint density at radius 3 is 2.60 bits per heavy atom. The van der Waals surface area contributed by atoms with Crippen LogP contribution in [0, 0.1) is 6.92 Å². The quantitative estimate of drug-likeness (QED) is 0.620. The highest BCUT2D eigenvalue weighted by atomic mass is 32.2. The summed E-state index contributed by atoms with van der Waals surface area (Å²) < 4.78 is 24.0. The summed E-state index contributed by atoms with van der Waals surface area (Å²) in [6, 6.07) is 3.34. The molecule has 0 unspecified atom stereocenters. The predicted octanol–water partition coefficient (Wildman–Crippen LogP) is 0.101. The third kappa shape index (κ3) is 5.98. The Kier molecular flexibility index (Phi) is 5.90. The van der Waals surface area contributed by atoms with E-state index in [-0.39, 0.29) is 19.0 Å². The van der Waals surface area contributed by atoms with Crippen LogP contribution >= 0.6 is 0 Å². The van der Waals surface area contributed by atoms with Crippen molar-refractivity contribution in [3.63, 3.8) is 0 Å². The molecule has 1 heterocycles. The van der Waals surface area contributed by atoms with E-state index in [1.54, 1.807) is 12.1 Å². The van der Waals surface area contributed by atoms with Crippen molar-refractivity contribution in [1.29, 1.82) is 0 Å². The van der Waals surface area contributed by atoms with Crippen molar-refractivity contribution in [3.8, 4) is 0 Å². The van der Waals surface area contributed by atoms with Crippen molar-refractivity contribution in [2.75, 3.05) is 31.2 Å². The van der Waals surface area contributed by atoms with Gasteiger partial charge in [-0.25, -0.2) is 18.1 Å². The lowest BCUT2D eigenvalue weighted by atomic mass is 10.2. The zero-order valence-corrected chi connectivity index (χ0v) is 12.7. The summed E-state index contributed by atoms with van der Waals surface area (Å²) in [7, 11) is -3.23. The monoisotopic (exact) mass is 300 g/mol. The van der Waals surface area contributed by atoms with E-state index in [1.165, 1.54) is 0 Å². The number of pyridine rings is 1. The van der Waals surface area contributed by atoms with Crippen LogP contribution in [-0.2, 0) is 10.0 Å². The number of nitrogens with one attached hydrogen (secondary N) is 3. The number of sulfonamides is 1. The second-order valence-corrected chi connectivity index (χ2v) is 6.17. The van der Waals surface area contributed by atoms with Crippen molar-refractivity contribution in [3.05, 3.63) is 23.4 Å². The minimum atomic E-state index is -3.23. The van der Waals surface area contributed by atoms with Crippen LogP contribution in [0.25, 0.3) is 0 Å². The average Bonchev–Trinajstić information content (AvgIpc) is 2.33. The van der Waals surface area contributed by atoms with E-state index in [9.17, 15) is 13.2 Å². The number of hydrogen-bond donors (Lipinski definition) is 3. The number of hydrogen-bond acceptors (Lipinski definition) is 5. The van der Waals surface area contributed by atoms with Crippen LogP contribution in [0.2, 0.25) is 0 Å². The Balaban J connectivity index is 2.59. The number of rotatable bonds is 7. The molecule has 0 bridgehead atoms. The Morgan fingerprint density at radius 2 is 2.00 bits per heavy atom. The van der Waals surface area contributed by atoms with Crippen LogP contribution in [0.5, 0.6) is 0 Å². The summed E-state index contributed by atoms with van der Waals surface area (Å²) in [6.45, 7) is 4.86. The van der Waals surface area contributed by atoms with Gasteiger partial charge in [-0.3, -0.25) is 4.79 Å². The van der Waals surface area contributed by atoms with Gasteiger partial charge in [0.25, 0.3) is 5.91 Å². The molecule has 0 aliphatic heterocycles. The molecule has 20 heavy (non-hydrogen) atoms. The highest BCUT2D eigenvalue weighted by Crippen LogP contribution is 2.09. The first-order valence-corrected chi connectivity index (χ1v) is 8.16. The lowest BCUT2D eigenvalue weighted by Gasteiger charge is -2.09. The van der Waals surface area contributed by atoms with Gasteiger partial charge in [0.1, 0.15) is 5.82 Å². The normalized spacial score (nSPS) is 11.2. The zero-order valence-electron chi connectivity index (χ0n) is 11.9. The highest BCUT2D eigenvalue weighted by molar-refractivity contribution is 7.88. The molecule has 0 saturated carbocycles.